The van der Waals surface area contributed by atoms with Crippen molar-refractivity contribution in [2.45, 2.75) is 33.1 Å². The van der Waals surface area contributed by atoms with E-state index in [2.05, 4.69) is 34.9 Å². The molecule has 0 heterocycles. The molecule has 2 unspecified atom stereocenters. The summed E-state index contributed by atoms with van der Waals surface area (Å²) in [6.07, 6.45) is -0.0955. The van der Waals surface area contributed by atoms with Gasteiger partial charge in [-0.3, -0.25) is 9.59 Å². The van der Waals surface area contributed by atoms with E-state index in [1.165, 1.54) is 0 Å². The lowest BCUT2D eigenvalue weighted by Gasteiger charge is -2.18. The van der Waals surface area contributed by atoms with Gasteiger partial charge in [-0.2, -0.15) is 0 Å². The fourth-order valence-corrected chi connectivity index (χ4v) is 4.22. The number of nitrogens with one attached hydrogen (secondary N) is 2. The molecule has 1 aliphatic rings. The number of rotatable bonds is 10. The number of carbonyl (C=O) groups is 3. The summed E-state index contributed by atoms with van der Waals surface area (Å²) in [5.41, 5.74) is 4.58. The summed E-state index contributed by atoms with van der Waals surface area (Å²) in [5, 5.41) is 14.6. The highest BCUT2D eigenvalue weighted by Crippen LogP contribution is 2.44. The van der Waals surface area contributed by atoms with Crippen LogP contribution >= 0.6 is 0 Å². The fourth-order valence-electron chi connectivity index (χ4n) is 4.22. The smallest absolute Gasteiger partial charge is 0.407 e. The summed E-state index contributed by atoms with van der Waals surface area (Å²) in [5.74, 6) is -2.18. The van der Waals surface area contributed by atoms with E-state index < -0.39 is 23.9 Å². The number of carboxylic acids is 1. The Morgan fingerprint density at radius 2 is 1.48 bits per heavy atom. The molecule has 0 aliphatic heterocycles. The number of amides is 2. The number of hydrogen-bond acceptors (Lipinski definition) is 4. The number of benzene rings is 2. The predicted molar refractivity (Wildman–Crippen MR) is 126 cm³/mol. The van der Waals surface area contributed by atoms with Crippen LogP contribution in [0, 0.1) is 17.8 Å². The van der Waals surface area contributed by atoms with Gasteiger partial charge in [-0.25, -0.2) is 4.79 Å². The summed E-state index contributed by atoms with van der Waals surface area (Å²) in [4.78, 5) is 35.9. The highest BCUT2D eigenvalue weighted by molar-refractivity contribution is 5.81. The van der Waals surface area contributed by atoms with E-state index in [9.17, 15) is 19.5 Å². The molecule has 0 fully saturated rings. The zero-order valence-corrected chi connectivity index (χ0v) is 19.3. The van der Waals surface area contributed by atoms with Crippen molar-refractivity contribution < 1.29 is 24.2 Å². The van der Waals surface area contributed by atoms with Crippen molar-refractivity contribution in [1.82, 2.24) is 10.6 Å². The Balaban J connectivity index is 1.47. The van der Waals surface area contributed by atoms with Gasteiger partial charge in [0.05, 0.1) is 11.8 Å². The molecule has 2 aromatic rings. The first-order valence-corrected chi connectivity index (χ1v) is 11.4. The van der Waals surface area contributed by atoms with Gasteiger partial charge in [0.15, 0.2) is 0 Å². The second kappa shape index (κ2) is 11.0. The van der Waals surface area contributed by atoms with Crippen molar-refractivity contribution in [3.8, 4) is 11.1 Å². The highest BCUT2D eigenvalue weighted by atomic mass is 16.5. The number of ether oxygens (including phenoxy) is 1. The lowest BCUT2D eigenvalue weighted by atomic mass is 9.97. The quantitative estimate of drug-likeness (QED) is 0.505. The van der Waals surface area contributed by atoms with E-state index in [0.717, 1.165) is 22.3 Å². The lowest BCUT2D eigenvalue weighted by molar-refractivity contribution is -0.142. The Labute approximate surface area is 194 Å². The third-order valence-electron chi connectivity index (χ3n) is 5.97. The van der Waals surface area contributed by atoms with E-state index in [0.29, 0.717) is 6.42 Å². The van der Waals surface area contributed by atoms with Gasteiger partial charge in [-0.1, -0.05) is 69.3 Å². The van der Waals surface area contributed by atoms with E-state index in [1.807, 2.05) is 38.1 Å². The number of carbonyl (C=O) groups excluding carboxylic acids is 2. The van der Waals surface area contributed by atoms with Crippen molar-refractivity contribution in [2.75, 3.05) is 19.7 Å². The second-order valence-corrected chi connectivity index (χ2v) is 9.02. The highest BCUT2D eigenvalue weighted by Gasteiger charge is 2.29. The molecule has 33 heavy (non-hydrogen) atoms. The molecule has 2 atom stereocenters. The Hall–Kier alpha value is -3.35. The molecule has 0 saturated heterocycles. The first-order valence-electron chi connectivity index (χ1n) is 11.4. The molecule has 0 radical (unpaired) electrons. The van der Waals surface area contributed by atoms with Crippen molar-refractivity contribution in [3.05, 3.63) is 59.7 Å². The SMILES string of the molecule is CC(C)CC(CNC(=O)C(C)CNC(=O)OCC1c2ccccc2-c2ccccc21)C(=O)O. The summed E-state index contributed by atoms with van der Waals surface area (Å²) >= 11 is 0. The number of fused-ring (bicyclic) bond motifs is 3. The van der Waals surface area contributed by atoms with Crippen molar-refractivity contribution in [2.24, 2.45) is 17.8 Å². The maximum atomic E-state index is 12.3. The topological polar surface area (TPSA) is 105 Å². The summed E-state index contributed by atoms with van der Waals surface area (Å²) in [7, 11) is 0. The van der Waals surface area contributed by atoms with Crippen LogP contribution in [0.3, 0.4) is 0 Å². The molecule has 0 saturated carbocycles. The van der Waals surface area contributed by atoms with E-state index in [4.69, 9.17) is 4.74 Å². The van der Waals surface area contributed by atoms with Crippen LogP contribution in [0.2, 0.25) is 0 Å². The van der Waals surface area contributed by atoms with E-state index in [1.54, 1.807) is 6.92 Å². The minimum absolute atomic E-state index is 0.0298. The number of aliphatic carboxylic acids is 1. The van der Waals surface area contributed by atoms with Gasteiger partial charge in [-0.05, 0) is 34.6 Å². The predicted octanol–water partition coefficient (Wildman–Crippen LogP) is 4.02. The Morgan fingerprint density at radius 1 is 0.909 bits per heavy atom. The summed E-state index contributed by atoms with van der Waals surface area (Å²) < 4.78 is 5.48. The standard InChI is InChI=1S/C26H32N2O5/c1-16(2)12-18(25(30)31)14-27-24(29)17(3)13-28-26(32)33-15-23-21-10-6-4-8-19(21)20-9-5-7-11-22(20)23/h4-11,16-18,23H,12-15H2,1-3H3,(H,27,29)(H,28,32)(H,30,31). The first-order chi connectivity index (χ1) is 15.8. The summed E-state index contributed by atoms with van der Waals surface area (Å²) in [6, 6.07) is 16.2. The minimum Gasteiger partial charge on any atom is -0.481 e. The lowest BCUT2D eigenvalue weighted by Crippen LogP contribution is -2.40. The molecule has 0 bridgehead atoms. The van der Waals surface area contributed by atoms with Crippen molar-refractivity contribution >= 4 is 18.0 Å². The van der Waals surface area contributed by atoms with Crippen molar-refractivity contribution in [1.29, 1.82) is 0 Å². The number of alkyl carbamates (subject to hydrolysis) is 1. The molecule has 3 rings (SSSR count). The van der Waals surface area contributed by atoms with Crippen LogP contribution in [0.1, 0.15) is 44.2 Å². The van der Waals surface area contributed by atoms with Gasteiger partial charge in [0.25, 0.3) is 0 Å². The zero-order valence-electron chi connectivity index (χ0n) is 19.3. The van der Waals surface area contributed by atoms with Gasteiger partial charge in [0, 0.05) is 19.0 Å². The molecule has 1 aliphatic carbocycles. The third-order valence-corrected chi connectivity index (χ3v) is 5.97. The van der Waals surface area contributed by atoms with Gasteiger partial charge < -0.3 is 20.5 Å². The molecule has 0 spiro atoms. The summed E-state index contributed by atoms with van der Waals surface area (Å²) in [6.45, 7) is 5.94. The van der Waals surface area contributed by atoms with Crippen LogP contribution in [0.15, 0.2) is 48.5 Å². The maximum Gasteiger partial charge on any atom is 0.407 e. The largest absolute Gasteiger partial charge is 0.481 e. The van der Waals surface area contributed by atoms with Crippen LogP contribution in [0.4, 0.5) is 4.79 Å². The maximum absolute atomic E-state index is 12.3. The minimum atomic E-state index is -0.923. The van der Waals surface area contributed by atoms with Crippen LogP contribution in [0.25, 0.3) is 11.1 Å². The molecule has 7 heteroatoms. The Morgan fingerprint density at radius 3 is 2.03 bits per heavy atom. The first kappa shape index (κ1) is 24.3. The molecule has 2 amide bonds. The average Bonchev–Trinajstić information content (AvgIpc) is 3.12. The fraction of sp³-hybridized carbons (Fsp3) is 0.423. The van der Waals surface area contributed by atoms with Crippen LogP contribution in [0.5, 0.6) is 0 Å². The third kappa shape index (κ3) is 6.12. The normalized spacial score (nSPS) is 14.2. The molecular formula is C26H32N2O5. The molecule has 2 aromatic carbocycles. The molecule has 0 aromatic heterocycles. The van der Waals surface area contributed by atoms with Gasteiger partial charge in [-0.15, -0.1) is 0 Å². The van der Waals surface area contributed by atoms with Crippen molar-refractivity contribution in [3.63, 3.8) is 0 Å². The van der Waals surface area contributed by atoms with Gasteiger partial charge in [0.2, 0.25) is 5.91 Å². The number of hydrogen-bond donors (Lipinski definition) is 3. The van der Waals surface area contributed by atoms with Gasteiger partial charge >= 0.3 is 12.1 Å². The molecule has 7 nitrogen and oxygen atoms in total. The zero-order chi connectivity index (χ0) is 24.0. The van der Waals surface area contributed by atoms with Crippen LogP contribution < -0.4 is 10.6 Å². The molecular weight excluding hydrogens is 420 g/mol. The molecule has 3 N–H and O–H groups in total. The van der Waals surface area contributed by atoms with E-state index in [-0.39, 0.29) is 37.4 Å². The van der Waals surface area contributed by atoms with Crippen LogP contribution in [-0.4, -0.2) is 42.8 Å². The number of carboxylic acid groups (broad SMARTS) is 1. The second-order valence-electron chi connectivity index (χ2n) is 9.02. The Kier molecular flexibility index (Phi) is 8.09. The monoisotopic (exact) mass is 452 g/mol. The average molecular weight is 453 g/mol. The van der Waals surface area contributed by atoms with E-state index >= 15 is 0 Å². The van der Waals surface area contributed by atoms with Crippen LogP contribution in [-0.2, 0) is 14.3 Å². The van der Waals surface area contributed by atoms with Gasteiger partial charge in [0.1, 0.15) is 6.61 Å². The molecule has 176 valence electrons. The Bertz CT molecular complexity index is 958.